The van der Waals surface area contributed by atoms with Crippen molar-refractivity contribution in [2.24, 2.45) is 0 Å². The first-order chi connectivity index (χ1) is 9.31. The van der Waals surface area contributed by atoms with Gasteiger partial charge in [-0.15, -0.1) is 0 Å². The Morgan fingerprint density at radius 2 is 2.53 bits per heavy atom. The third-order valence-corrected chi connectivity index (χ3v) is 4.42. The Kier molecular flexibility index (Phi) is 3.29. The monoisotopic (exact) mass is 274 g/mol. The van der Waals surface area contributed by atoms with Crippen LogP contribution in [-0.2, 0) is 9.53 Å². The molecule has 1 atom stereocenters. The molecule has 0 fully saturated rings. The van der Waals surface area contributed by atoms with E-state index >= 15 is 0 Å². The number of thioether (sulfide) groups is 1. The number of hydrogen-bond acceptors (Lipinski definition) is 5. The second-order valence-electron chi connectivity index (χ2n) is 4.25. The fraction of sp³-hybridized carbons (Fsp3) is 0.286. The van der Waals surface area contributed by atoms with Crippen molar-refractivity contribution < 1.29 is 9.53 Å². The van der Waals surface area contributed by atoms with Crippen molar-refractivity contribution in [2.75, 3.05) is 6.61 Å². The van der Waals surface area contributed by atoms with Crippen molar-refractivity contribution in [3.8, 4) is 0 Å². The van der Waals surface area contributed by atoms with E-state index in [1.807, 2.05) is 31.5 Å². The number of nitrogens with zero attached hydrogens (tertiary/aromatic N) is 2. The lowest BCUT2D eigenvalue weighted by molar-refractivity contribution is -0.137. The molecular weight excluding hydrogens is 260 g/mol. The van der Waals surface area contributed by atoms with Crippen LogP contribution in [-0.4, -0.2) is 22.5 Å². The molecule has 0 radical (unpaired) electrons. The normalized spacial score (nSPS) is 20.9. The highest BCUT2D eigenvalue weighted by Crippen LogP contribution is 2.50. The van der Waals surface area contributed by atoms with E-state index < -0.39 is 0 Å². The average Bonchev–Trinajstić information content (AvgIpc) is 3.01. The van der Waals surface area contributed by atoms with E-state index in [0.717, 1.165) is 22.6 Å². The van der Waals surface area contributed by atoms with E-state index in [9.17, 15) is 4.79 Å². The van der Waals surface area contributed by atoms with Crippen LogP contribution in [0.3, 0.4) is 0 Å². The second-order valence-corrected chi connectivity index (χ2v) is 5.34. The third kappa shape index (κ3) is 2.14. The summed E-state index contributed by atoms with van der Waals surface area (Å²) >= 11 is 1.54. The number of allylic oxidation sites excluding steroid dienone is 1. The molecule has 0 saturated carbocycles. The van der Waals surface area contributed by atoms with Gasteiger partial charge >= 0.3 is 5.97 Å². The summed E-state index contributed by atoms with van der Waals surface area (Å²) in [6, 6.07) is 3.94. The molecule has 0 spiro atoms. The maximum atomic E-state index is 12.0. The number of aromatic nitrogens is 1. The smallest absolute Gasteiger partial charge is 0.346 e. The molecule has 0 aromatic carbocycles. The molecule has 1 unspecified atom stereocenters. The van der Waals surface area contributed by atoms with Gasteiger partial charge in [-0.2, -0.15) is 0 Å². The molecule has 19 heavy (non-hydrogen) atoms. The summed E-state index contributed by atoms with van der Waals surface area (Å²) in [5.41, 5.74) is 2.13. The van der Waals surface area contributed by atoms with E-state index in [1.165, 1.54) is 0 Å². The molecule has 2 aliphatic heterocycles. The summed E-state index contributed by atoms with van der Waals surface area (Å²) in [6.45, 7) is 2.23. The highest BCUT2D eigenvalue weighted by atomic mass is 32.2. The summed E-state index contributed by atoms with van der Waals surface area (Å²) in [4.78, 5) is 19.0. The Morgan fingerprint density at radius 3 is 3.26 bits per heavy atom. The molecule has 98 valence electrons. The van der Waals surface area contributed by atoms with Gasteiger partial charge in [-0.1, -0.05) is 23.9 Å². The van der Waals surface area contributed by atoms with E-state index in [4.69, 9.17) is 4.74 Å². The Hall–Kier alpha value is -1.75. The molecule has 0 amide bonds. The molecule has 2 aliphatic rings. The molecule has 0 saturated heterocycles. The quantitative estimate of drug-likeness (QED) is 0.793. The number of fused-ring (bicyclic) bond motifs is 1. The van der Waals surface area contributed by atoms with Gasteiger partial charge in [0.15, 0.2) is 0 Å². The molecule has 1 aromatic heterocycles. The third-order valence-electron chi connectivity index (χ3n) is 3.06. The van der Waals surface area contributed by atoms with Gasteiger partial charge in [0.2, 0.25) is 0 Å². The Labute approximate surface area is 116 Å². The Balaban J connectivity index is 1.89. The van der Waals surface area contributed by atoms with Gasteiger partial charge in [0.1, 0.15) is 10.3 Å². The fourth-order valence-electron chi connectivity index (χ4n) is 2.25. The highest BCUT2D eigenvalue weighted by molar-refractivity contribution is 8.04. The van der Waals surface area contributed by atoms with E-state index in [2.05, 4.69) is 16.0 Å². The van der Waals surface area contributed by atoms with Crippen molar-refractivity contribution in [3.63, 3.8) is 0 Å². The van der Waals surface area contributed by atoms with Crippen LogP contribution in [0.15, 0.2) is 47.4 Å². The topological polar surface area (TPSA) is 42.4 Å². The molecule has 3 heterocycles. The predicted octanol–water partition coefficient (Wildman–Crippen LogP) is 2.82. The lowest BCUT2D eigenvalue weighted by atomic mass is 10.2. The first-order valence-corrected chi connectivity index (χ1v) is 7.11. The summed E-state index contributed by atoms with van der Waals surface area (Å²) in [7, 11) is 0. The first kappa shape index (κ1) is 12.3. The minimum Gasteiger partial charge on any atom is -0.462 e. The number of carbonyl (C=O) groups is 1. The predicted molar refractivity (Wildman–Crippen MR) is 73.8 cm³/mol. The van der Waals surface area contributed by atoms with Crippen LogP contribution in [0.4, 0.5) is 0 Å². The van der Waals surface area contributed by atoms with Crippen molar-refractivity contribution in [1.29, 1.82) is 0 Å². The fourth-order valence-corrected chi connectivity index (χ4v) is 3.54. The zero-order valence-corrected chi connectivity index (χ0v) is 11.4. The summed E-state index contributed by atoms with van der Waals surface area (Å²) < 4.78 is 5.13. The standard InChI is InChI=1S/C14H14N2O2S/c1-2-18-14(17)12-11-6-4-8-16(11)13(19-12)10-5-3-7-15-9-10/h3-5,7-9,13H,2,6H2,1H3. The summed E-state index contributed by atoms with van der Waals surface area (Å²) in [5.74, 6) is -0.220. The second kappa shape index (κ2) is 5.09. The maximum Gasteiger partial charge on any atom is 0.346 e. The molecule has 5 heteroatoms. The number of esters is 1. The summed E-state index contributed by atoms with van der Waals surface area (Å²) in [6.07, 6.45) is 8.49. The molecular formula is C14H14N2O2S. The van der Waals surface area contributed by atoms with Crippen LogP contribution < -0.4 is 0 Å². The molecule has 4 nitrogen and oxygen atoms in total. The Bertz CT molecular complexity index is 554. The first-order valence-electron chi connectivity index (χ1n) is 6.23. The van der Waals surface area contributed by atoms with Crippen LogP contribution in [0.25, 0.3) is 0 Å². The van der Waals surface area contributed by atoms with Gasteiger partial charge in [0.05, 0.1) is 6.61 Å². The van der Waals surface area contributed by atoms with Crippen molar-refractivity contribution >= 4 is 17.7 Å². The van der Waals surface area contributed by atoms with Gasteiger partial charge < -0.3 is 9.64 Å². The van der Waals surface area contributed by atoms with Crippen LogP contribution in [0.1, 0.15) is 24.3 Å². The van der Waals surface area contributed by atoms with Crippen LogP contribution in [0, 0.1) is 0 Å². The lowest BCUT2D eigenvalue weighted by Gasteiger charge is -2.21. The Morgan fingerprint density at radius 1 is 1.63 bits per heavy atom. The van der Waals surface area contributed by atoms with Gasteiger partial charge in [-0.3, -0.25) is 4.98 Å². The molecule has 0 aliphatic carbocycles. The molecule has 3 rings (SSSR count). The maximum absolute atomic E-state index is 12.0. The van der Waals surface area contributed by atoms with Crippen LogP contribution >= 0.6 is 11.8 Å². The number of ether oxygens (including phenoxy) is 1. The number of carbonyl (C=O) groups excluding carboxylic acids is 1. The van der Waals surface area contributed by atoms with Crippen molar-refractivity contribution in [3.05, 3.63) is 53.0 Å². The lowest BCUT2D eigenvalue weighted by Crippen LogP contribution is -2.13. The van der Waals surface area contributed by atoms with E-state index in [0.29, 0.717) is 6.61 Å². The number of pyridine rings is 1. The highest BCUT2D eigenvalue weighted by Gasteiger charge is 2.37. The molecule has 0 bridgehead atoms. The molecule has 1 aromatic rings. The van der Waals surface area contributed by atoms with E-state index in [-0.39, 0.29) is 11.3 Å². The van der Waals surface area contributed by atoms with Gasteiger partial charge in [0, 0.05) is 36.3 Å². The number of hydrogen-bond donors (Lipinski definition) is 0. The van der Waals surface area contributed by atoms with Crippen molar-refractivity contribution in [1.82, 2.24) is 9.88 Å². The molecule has 0 N–H and O–H groups in total. The van der Waals surface area contributed by atoms with Gasteiger partial charge in [-0.05, 0) is 13.0 Å². The zero-order chi connectivity index (χ0) is 13.2. The largest absolute Gasteiger partial charge is 0.462 e. The zero-order valence-electron chi connectivity index (χ0n) is 10.6. The average molecular weight is 274 g/mol. The van der Waals surface area contributed by atoms with E-state index in [1.54, 1.807) is 18.0 Å². The minimum atomic E-state index is -0.220. The SMILES string of the molecule is CCOC(=O)C1=C2CC=CN2C(c2cccnc2)S1. The minimum absolute atomic E-state index is 0.0851. The van der Waals surface area contributed by atoms with Gasteiger partial charge in [0.25, 0.3) is 0 Å². The van der Waals surface area contributed by atoms with Crippen molar-refractivity contribution in [2.45, 2.75) is 18.7 Å². The van der Waals surface area contributed by atoms with Crippen LogP contribution in [0.5, 0.6) is 0 Å². The van der Waals surface area contributed by atoms with Crippen LogP contribution in [0.2, 0.25) is 0 Å². The number of rotatable bonds is 3. The summed E-state index contributed by atoms with van der Waals surface area (Å²) in [5, 5.41) is 0.0851. The van der Waals surface area contributed by atoms with Gasteiger partial charge in [-0.25, -0.2) is 4.79 Å².